The molecular weight excluding hydrogens is 296 g/mol. The van der Waals surface area contributed by atoms with E-state index in [4.69, 9.17) is 9.47 Å². The molecule has 0 bridgehead atoms. The van der Waals surface area contributed by atoms with Crippen molar-refractivity contribution in [1.82, 2.24) is 4.90 Å². The summed E-state index contributed by atoms with van der Waals surface area (Å²) in [7, 11) is 1.63. The van der Waals surface area contributed by atoms with E-state index in [-0.39, 0.29) is 17.9 Å². The zero-order chi connectivity index (χ0) is 17.0. The van der Waals surface area contributed by atoms with Crippen LogP contribution in [0.1, 0.15) is 20.8 Å². The van der Waals surface area contributed by atoms with Gasteiger partial charge in [-0.3, -0.25) is 4.90 Å². The first-order chi connectivity index (χ1) is 10.8. The summed E-state index contributed by atoms with van der Waals surface area (Å²) in [5.41, 5.74) is 0.510. The third kappa shape index (κ3) is 4.76. The highest BCUT2D eigenvalue weighted by atomic mass is 16.6. The van der Waals surface area contributed by atoms with E-state index in [1.807, 2.05) is 32.9 Å². The lowest BCUT2D eigenvalue weighted by Crippen LogP contribution is -2.57. The molecule has 0 unspecified atom stereocenters. The summed E-state index contributed by atoms with van der Waals surface area (Å²) >= 11 is 0. The lowest BCUT2D eigenvalue weighted by molar-refractivity contribution is 0.00344. The Morgan fingerprint density at radius 3 is 2.48 bits per heavy atom. The number of amides is 1. The van der Waals surface area contributed by atoms with Crippen molar-refractivity contribution in [2.75, 3.05) is 38.3 Å². The Kier molecular flexibility index (Phi) is 5.36. The van der Waals surface area contributed by atoms with Gasteiger partial charge in [-0.25, -0.2) is 4.79 Å². The molecule has 1 aromatic rings. The van der Waals surface area contributed by atoms with Crippen molar-refractivity contribution in [2.24, 2.45) is 0 Å². The highest BCUT2D eigenvalue weighted by Gasteiger charge is 2.33. The Balaban J connectivity index is 2.08. The van der Waals surface area contributed by atoms with Crippen LogP contribution in [0.15, 0.2) is 24.3 Å². The van der Waals surface area contributed by atoms with E-state index in [0.717, 1.165) is 5.69 Å². The molecule has 1 saturated heterocycles. The second-order valence-corrected chi connectivity index (χ2v) is 6.75. The number of ether oxygens (including phenoxy) is 2. The maximum atomic E-state index is 12.4. The van der Waals surface area contributed by atoms with E-state index >= 15 is 0 Å². The zero-order valence-corrected chi connectivity index (χ0v) is 14.3. The Hall–Kier alpha value is -1.95. The predicted molar refractivity (Wildman–Crippen MR) is 88.9 cm³/mol. The molecule has 1 aromatic carbocycles. The van der Waals surface area contributed by atoms with Crippen LogP contribution in [0.25, 0.3) is 0 Å². The number of anilines is 1. The van der Waals surface area contributed by atoms with Crippen molar-refractivity contribution in [3.05, 3.63) is 24.3 Å². The Labute approximate surface area is 137 Å². The number of hydrogen-bond acceptors (Lipinski definition) is 5. The summed E-state index contributed by atoms with van der Waals surface area (Å²) in [5.74, 6) is 0.245. The lowest BCUT2D eigenvalue weighted by atomic mass is 10.1. The van der Waals surface area contributed by atoms with Gasteiger partial charge in [-0.05, 0) is 45.0 Å². The van der Waals surface area contributed by atoms with Gasteiger partial charge in [0, 0.05) is 32.4 Å². The molecule has 1 heterocycles. The average molecular weight is 322 g/mol. The second-order valence-electron chi connectivity index (χ2n) is 6.75. The highest BCUT2D eigenvalue weighted by Crippen LogP contribution is 2.23. The van der Waals surface area contributed by atoms with Crippen molar-refractivity contribution in [1.29, 1.82) is 0 Å². The largest absolute Gasteiger partial charge is 0.508 e. The summed E-state index contributed by atoms with van der Waals surface area (Å²) < 4.78 is 10.8. The molecule has 1 atom stereocenters. The smallest absolute Gasteiger partial charge is 0.410 e. The minimum Gasteiger partial charge on any atom is -0.508 e. The molecule has 0 spiro atoms. The first kappa shape index (κ1) is 17.4. The first-order valence-electron chi connectivity index (χ1n) is 7.82. The van der Waals surface area contributed by atoms with Gasteiger partial charge in [-0.2, -0.15) is 0 Å². The Morgan fingerprint density at radius 1 is 1.26 bits per heavy atom. The second kappa shape index (κ2) is 7.08. The van der Waals surface area contributed by atoms with Crippen molar-refractivity contribution >= 4 is 11.8 Å². The van der Waals surface area contributed by atoms with E-state index in [1.165, 1.54) is 0 Å². The third-order valence-corrected chi connectivity index (χ3v) is 3.68. The number of phenols is 1. The van der Waals surface area contributed by atoms with Crippen LogP contribution in [0.3, 0.4) is 0 Å². The summed E-state index contributed by atoms with van der Waals surface area (Å²) in [6.07, 6.45) is -0.301. The number of aromatic hydroxyl groups is 1. The minimum atomic E-state index is -0.511. The summed E-state index contributed by atoms with van der Waals surface area (Å²) in [5, 5.41) is 9.41. The fourth-order valence-corrected chi connectivity index (χ4v) is 2.65. The quantitative estimate of drug-likeness (QED) is 0.926. The van der Waals surface area contributed by atoms with Crippen LogP contribution in [0, 0.1) is 0 Å². The number of phenolic OH excluding ortho intramolecular Hbond substituents is 1. The van der Waals surface area contributed by atoms with Gasteiger partial charge >= 0.3 is 6.09 Å². The van der Waals surface area contributed by atoms with Crippen LogP contribution in [0.4, 0.5) is 10.5 Å². The van der Waals surface area contributed by atoms with Crippen molar-refractivity contribution in [3.8, 4) is 5.75 Å². The van der Waals surface area contributed by atoms with Crippen LogP contribution in [-0.4, -0.2) is 61.1 Å². The molecule has 1 N–H and O–H groups in total. The van der Waals surface area contributed by atoms with Crippen molar-refractivity contribution in [2.45, 2.75) is 32.4 Å². The maximum absolute atomic E-state index is 12.4. The van der Waals surface area contributed by atoms with Crippen LogP contribution < -0.4 is 4.90 Å². The molecule has 128 valence electrons. The van der Waals surface area contributed by atoms with Gasteiger partial charge in [0.25, 0.3) is 0 Å². The predicted octanol–water partition coefficient (Wildman–Crippen LogP) is 2.46. The average Bonchev–Trinajstić information content (AvgIpc) is 2.46. The van der Waals surface area contributed by atoms with E-state index in [0.29, 0.717) is 26.2 Å². The molecular formula is C17H26N2O4. The van der Waals surface area contributed by atoms with E-state index in [1.54, 1.807) is 24.1 Å². The molecule has 0 saturated carbocycles. The molecule has 23 heavy (non-hydrogen) atoms. The van der Waals surface area contributed by atoms with Gasteiger partial charge in [0.05, 0.1) is 12.6 Å². The van der Waals surface area contributed by atoms with Gasteiger partial charge in [-0.15, -0.1) is 0 Å². The molecule has 1 aliphatic heterocycles. The van der Waals surface area contributed by atoms with Gasteiger partial charge in [0.15, 0.2) is 0 Å². The number of benzene rings is 1. The zero-order valence-electron chi connectivity index (χ0n) is 14.3. The molecule has 6 heteroatoms. The molecule has 0 aliphatic carbocycles. The van der Waals surface area contributed by atoms with Crippen molar-refractivity contribution < 1.29 is 19.4 Å². The number of methoxy groups -OCH3 is 1. The first-order valence-corrected chi connectivity index (χ1v) is 7.82. The number of carbonyl (C=O) groups is 1. The SMILES string of the molecule is COC[C@H]1CN(c2ccc(O)cc2)CCN1C(=O)OC(C)(C)C. The number of piperazine rings is 1. The van der Waals surface area contributed by atoms with Crippen molar-refractivity contribution in [3.63, 3.8) is 0 Å². The van der Waals surface area contributed by atoms with E-state index in [9.17, 15) is 9.90 Å². The van der Waals surface area contributed by atoms with Gasteiger partial charge in [0.2, 0.25) is 0 Å². The fraction of sp³-hybridized carbons (Fsp3) is 0.588. The van der Waals surface area contributed by atoms with E-state index in [2.05, 4.69) is 4.90 Å². The Bertz CT molecular complexity index is 524. The topological polar surface area (TPSA) is 62.2 Å². The minimum absolute atomic E-state index is 0.0718. The molecule has 2 rings (SSSR count). The number of rotatable bonds is 3. The standard InChI is InChI=1S/C17H26N2O4/c1-17(2,3)23-16(21)19-10-9-18(11-14(19)12-22-4)13-5-7-15(20)8-6-13/h5-8,14,20H,9-12H2,1-4H3/t14-/m1/s1. The molecule has 1 fully saturated rings. The van der Waals surface area contributed by atoms with Gasteiger partial charge in [0.1, 0.15) is 11.4 Å². The number of hydrogen-bond donors (Lipinski definition) is 1. The van der Waals surface area contributed by atoms with E-state index < -0.39 is 5.60 Å². The van der Waals surface area contributed by atoms with Crippen LogP contribution >= 0.6 is 0 Å². The maximum Gasteiger partial charge on any atom is 0.410 e. The summed E-state index contributed by atoms with van der Waals surface area (Å²) in [6.45, 7) is 7.99. The van der Waals surface area contributed by atoms with Crippen LogP contribution in [0.5, 0.6) is 5.75 Å². The highest BCUT2D eigenvalue weighted by molar-refractivity contribution is 5.69. The fourth-order valence-electron chi connectivity index (χ4n) is 2.65. The number of carbonyl (C=O) groups excluding carboxylic acids is 1. The monoisotopic (exact) mass is 322 g/mol. The molecule has 6 nitrogen and oxygen atoms in total. The summed E-state index contributed by atoms with van der Waals surface area (Å²) in [6, 6.07) is 7.02. The molecule has 1 amide bonds. The van der Waals surface area contributed by atoms with Crippen LogP contribution in [0.2, 0.25) is 0 Å². The third-order valence-electron chi connectivity index (χ3n) is 3.68. The Morgan fingerprint density at radius 2 is 1.91 bits per heavy atom. The van der Waals surface area contributed by atoms with Crippen LogP contribution in [-0.2, 0) is 9.47 Å². The normalized spacial score (nSPS) is 18.9. The van der Waals surface area contributed by atoms with Gasteiger partial charge < -0.3 is 19.5 Å². The summed E-state index contributed by atoms with van der Waals surface area (Å²) in [4.78, 5) is 16.3. The molecule has 1 aliphatic rings. The lowest BCUT2D eigenvalue weighted by Gasteiger charge is -2.42. The van der Waals surface area contributed by atoms with Gasteiger partial charge in [-0.1, -0.05) is 0 Å². The molecule has 0 aromatic heterocycles. The molecule has 0 radical (unpaired) electrons. The number of nitrogens with zero attached hydrogens (tertiary/aromatic N) is 2.